The van der Waals surface area contributed by atoms with Crippen LogP contribution in [0, 0.1) is 0 Å². The van der Waals surface area contributed by atoms with Gasteiger partial charge in [0, 0.05) is 25.7 Å². The molecule has 1 aliphatic heterocycles. The molecule has 0 fully saturated rings. The van der Waals surface area contributed by atoms with E-state index in [4.69, 9.17) is 4.99 Å². The van der Waals surface area contributed by atoms with Crippen LogP contribution in [0.15, 0.2) is 83.9 Å². The van der Waals surface area contributed by atoms with Gasteiger partial charge in [0.05, 0.1) is 6.26 Å². The molecule has 1 unspecified atom stereocenters. The number of nitrogens with zero attached hydrogens (tertiary/aromatic N) is 2. The smallest absolute Gasteiger partial charge is 0.229 e. The molecular weight excluding hydrogens is 406 g/mol. The monoisotopic (exact) mass is 433 g/mol. The number of hydrogen-bond acceptors (Lipinski definition) is 4. The van der Waals surface area contributed by atoms with Crippen molar-refractivity contribution in [3.05, 3.63) is 101 Å². The van der Waals surface area contributed by atoms with Crippen molar-refractivity contribution in [2.24, 2.45) is 4.99 Å². The van der Waals surface area contributed by atoms with E-state index in [-0.39, 0.29) is 6.04 Å². The fourth-order valence-corrected chi connectivity index (χ4v) is 4.54. The molecule has 1 heterocycles. The van der Waals surface area contributed by atoms with Gasteiger partial charge >= 0.3 is 0 Å². The number of benzene rings is 3. The highest BCUT2D eigenvalue weighted by molar-refractivity contribution is 7.92. The van der Waals surface area contributed by atoms with Gasteiger partial charge in [-0.05, 0) is 40.8 Å². The Kier molecular flexibility index (Phi) is 6.09. The van der Waals surface area contributed by atoms with Gasteiger partial charge in [0.15, 0.2) is 0 Å². The largest absolute Gasteiger partial charge is 0.359 e. The highest BCUT2D eigenvalue weighted by atomic mass is 32.2. The molecule has 5 nitrogen and oxygen atoms in total. The summed E-state index contributed by atoms with van der Waals surface area (Å²) in [5, 5.41) is 0. The van der Waals surface area contributed by atoms with Gasteiger partial charge in [0.25, 0.3) is 0 Å². The quantitative estimate of drug-likeness (QED) is 0.617. The molecule has 0 radical (unpaired) electrons. The van der Waals surface area contributed by atoms with E-state index in [0.717, 1.165) is 41.9 Å². The third-order valence-corrected chi connectivity index (χ3v) is 6.07. The van der Waals surface area contributed by atoms with E-state index in [1.54, 1.807) is 0 Å². The number of rotatable bonds is 6. The lowest BCUT2D eigenvalue weighted by Gasteiger charge is -2.20. The van der Waals surface area contributed by atoms with Crippen LogP contribution in [0.5, 0.6) is 0 Å². The fraction of sp³-hybridized carbons (Fsp3) is 0.240. The Morgan fingerprint density at radius 1 is 0.968 bits per heavy atom. The minimum Gasteiger partial charge on any atom is -0.359 e. The van der Waals surface area contributed by atoms with E-state index in [0.29, 0.717) is 5.69 Å². The van der Waals surface area contributed by atoms with Crippen LogP contribution in [0.4, 0.5) is 5.69 Å². The molecule has 0 saturated carbocycles. The van der Waals surface area contributed by atoms with Gasteiger partial charge in [-0.15, -0.1) is 0 Å². The van der Waals surface area contributed by atoms with E-state index in [1.807, 2.05) is 42.5 Å². The van der Waals surface area contributed by atoms with Crippen molar-refractivity contribution >= 4 is 21.5 Å². The minimum absolute atomic E-state index is 0.187. The van der Waals surface area contributed by atoms with Crippen LogP contribution in [-0.4, -0.2) is 32.5 Å². The third kappa shape index (κ3) is 5.33. The van der Waals surface area contributed by atoms with Crippen molar-refractivity contribution in [2.75, 3.05) is 18.0 Å². The number of amidine groups is 1. The first-order valence-electron chi connectivity index (χ1n) is 10.4. The third-order valence-electron chi connectivity index (χ3n) is 5.47. The summed E-state index contributed by atoms with van der Waals surface area (Å²) in [6.07, 6.45) is 2.93. The molecule has 0 aliphatic carbocycles. The zero-order valence-electron chi connectivity index (χ0n) is 17.8. The molecule has 0 amide bonds. The predicted octanol–water partition coefficient (Wildman–Crippen LogP) is 4.62. The first kappa shape index (κ1) is 21.1. The Morgan fingerprint density at radius 3 is 2.32 bits per heavy atom. The molecule has 31 heavy (non-hydrogen) atoms. The summed E-state index contributed by atoms with van der Waals surface area (Å²) in [5.74, 6) is 1.05. The molecule has 3 aromatic rings. The maximum atomic E-state index is 11.8. The summed E-state index contributed by atoms with van der Waals surface area (Å²) >= 11 is 0. The SMILES string of the molecule is CN1Cc2ccc(NS(C)(=O)=O)cc2C(c2ccccc2)N=C1CCc1ccccc1. The lowest BCUT2D eigenvalue weighted by molar-refractivity contribution is 0.490. The van der Waals surface area contributed by atoms with Crippen LogP contribution in [0.25, 0.3) is 0 Å². The number of nitrogens with one attached hydrogen (secondary N) is 1. The maximum Gasteiger partial charge on any atom is 0.229 e. The van der Waals surface area contributed by atoms with Crippen molar-refractivity contribution in [2.45, 2.75) is 25.4 Å². The van der Waals surface area contributed by atoms with E-state index in [1.165, 1.54) is 11.8 Å². The second-order valence-electron chi connectivity index (χ2n) is 7.99. The second-order valence-corrected chi connectivity index (χ2v) is 9.74. The van der Waals surface area contributed by atoms with Crippen LogP contribution >= 0.6 is 0 Å². The summed E-state index contributed by atoms with van der Waals surface area (Å²) in [4.78, 5) is 7.39. The molecule has 1 N–H and O–H groups in total. The van der Waals surface area contributed by atoms with Crippen molar-refractivity contribution < 1.29 is 8.42 Å². The van der Waals surface area contributed by atoms with Crippen molar-refractivity contribution in [1.82, 2.24) is 4.90 Å². The van der Waals surface area contributed by atoms with Gasteiger partial charge in [-0.25, -0.2) is 8.42 Å². The minimum atomic E-state index is -3.35. The summed E-state index contributed by atoms with van der Waals surface area (Å²) in [6.45, 7) is 0.728. The Morgan fingerprint density at radius 2 is 1.65 bits per heavy atom. The number of aryl methyl sites for hydroxylation is 1. The van der Waals surface area contributed by atoms with Crippen LogP contribution in [-0.2, 0) is 23.0 Å². The molecule has 4 rings (SSSR count). The molecule has 3 aromatic carbocycles. The molecule has 0 spiro atoms. The number of hydrogen-bond donors (Lipinski definition) is 1. The zero-order valence-corrected chi connectivity index (χ0v) is 18.6. The lowest BCUT2D eigenvalue weighted by Crippen LogP contribution is -2.26. The van der Waals surface area contributed by atoms with Crippen LogP contribution in [0.3, 0.4) is 0 Å². The number of fused-ring (bicyclic) bond motifs is 1. The molecule has 0 saturated heterocycles. The average Bonchev–Trinajstić information content (AvgIpc) is 2.88. The molecule has 0 bridgehead atoms. The van der Waals surface area contributed by atoms with Crippen LogP contribution < -0.4 is 4.72 Å². The standard InChI is InChI=1S/C25H27N3O2S/c1-28-18-21-14-15-22(27-31(2,29)30)17-23(21)25(20-11-7-4-8-12-20)26-24(28)16-13-19-9-5-3-6-10-19/h3-12,14-15,17,25,27H,13,16,18H2,1-2H3. The number of anilines is 1. The fourth-order valence-electron chi connectivity index (χ4n) is 3.98. The summed E-state index contributed by atoms with van der Waals surface area (Å²) in [5.41, 5.74) is 5.12. The van der Waals surface area contributed by atoms with E-state index in [2.05, 4.69) is 53.1 Å². The number of aliphatic imine (C=N–C) groups is 1. The normalized spacial score (nSPS) is 16.3. The van der Waals surface area contributed by atoms with Gasteiger partial charge < -0.3 is 4.90 Å². The lowest BCUT2D eigenvalue weighted by atomic mass is 9.94. The van der Waals surface area contributed by atoms with Crippen molar-refractivity contribution in [1.29, 1.82) is 0 Å². The van der Waals surface area contributed by atoms with Gasteiger partial charge in [-0.1, -0.05) is 66.7 Å². The van der Waals surface area contributed by atoms with E-state index < -0.39 is 10.0 Å². The zero-order chi connectivity index (χ0) is 21.8. The first-order chi connectivity index (χ1) is 14.9. The van der Waals surface area contributed by atoms with Gasteiger partial charge in [-0.3, -0.25) is 9.71 Å². The molecule has 1 aliphatic rings. The molecule has 6 heteroatoms. The Balaban J connectivity index is 1.73. The predicted molar refractivity (Wildman–Crippen MR) is 127 cm³/mol. The molecular formula is C25H27N3O2S. The van der Waals surface area contributed by atoms with Gasteiger partial charge in [0.2, 0.25) is 10.0 Å². The summed E-state index contributed by atoms with van der Waals surface area (Å²) < 4.78 is 26.1. The highest BCUT2D eigenvalue weighted by Gasteiger charge is 2.24. The summed E-state index contributed by atoms with van der Waals surface area (Å²) in [7, 11) is -1.28. The van der Waals surface area contributed by atoms with Crippen molar-refractivity contribution in [3.63, 3.8) is 0 Å². The van der Waals surface area contributed by atoms with E-state index >= 15 is 0 Å². The first-order valence-corrected chi connectivity index (χ1v) is 12.3. The van der Waals surface area contributed by atoms with Crippen molar-refractivity contribution in [3.8, 4) is 0 Å². The van der Waals surface area contributed by atoms with Gasteiger partial charge in [-0.2, -0.15) is 0 Å². The maximum absolute atomic E-state index is 11.8. The molecule has 160 valence electrons. The molecule has 1 atom stereocenters. The van der Waals surface area contributed by atoms with Crippen LogP contribution in [0.2, 0.25) is 0 Å². The average molecular weight is 434 g/mol. The Hall–Kier alpha value is -3.12. The Bertz CT molecular complexity index is 1180. The van der Waals surface area contributed by atoms with Crippen LogP contribution in [0.1, 0.15) is 34.7 Å². The molecule has 0 aromatic heterocycles. The van der Waals surface area contributed by atoms with Gasteiger partial charge in [0.1, 0.15) is 11.9 Å². The van der Waals surface area contributed by atoms with E-state index in [9.17, 15) is 8.42 Å². The second kappa shape index (κ2) is 8.94. The summed E-state index contributed by atoms with van der Waals surface area (Å²) in [6, 6.07) is 26.2. The Labute approximate surface area is 184 Å². The topological polar surface area (TPSA) is 61.8 Å². The number of sulfonamides is 1. The highest BCUT2D eigenvalue weighted by Crippen LogP contribution is 2.34.